The first kappa shape index (κ1) is 20.0. The first-order chi connectivity index (χ1) is 12.0. The molecule has 2 rings (SSSR count). The van der Waals surface area contributed by atoms with Crippen molar-refractivity contribution in [2.45, 2.75) is 51.2 Å². The fourth-order valence-corrected chi connectivity index (χ4v) is 3.52. The zero-order valence-electron chi connectivity index (χ0n) is 14.9. The van der Waals surface area contributed by atoms with E-state index in [1.165, 1.54) is 18.2 Å². The summed E-state index contributed by atoms with van der Waals surface area (Å²) in [6.07, 6.45) is 3.36. The average molecular weight is 425 g/mol. The molecule has 1 aromatic carbocycles. The molecule has 0 saturated heterocycles. The molecule has 0 radical (unpaired) electrons. The van der Waals surface area contributed by atoms with Crippen molar-refractivity contribution in [1.29, 1.82) is 0 Å². The lowest BCUT2D eigenvalue weighted by Gasteiger charge is -2.14. The van der Waals surface area contributed by atoms with Crippen molar-refractivity contribution in [3.63, 3.8) is 0 Å². The topological polar surface area (TPSA) is 70.7 Å². The van der Waals surface area contributed by atoms with Crippen LogP contribution in [0.15, 0.2) is 33.9 Å². The maximum absolute atomic E-state index is 12.0. The standard InChI is InChI=1S/C18H25BrN4OS/c1-12(2)7-6-8-13(3)20-16(24)11-25-18-21-17(22-23-18)14-9-4-5-10-15(14)19/h4-5,9-10,12-13H,6-8,11H2,1-3H3,(H,20,24)(H,21,22,23)/t13-/m1/s1. The number of carbonyl (C=O) groups is 1. The predicted octanol–water partition coefficient (Wildman–Crippen LogP) is 4.66. The summed E-state index contributed by atoms with van der Waals surface area (Å²) in [5.41, 5.74) is 0.949. The van der Waals surface area contributed by atoms with Crippen LogP contribution in [0.2, 0.25) is 0 Å². The highest BCUT2D eigenvalue weighted by atomic mass is 79.9. The van der Waals surface area contributed by atoms with E-state index in [4.69, 9.17) is 0 Å². The lowest BCUT2D eigenvalue weighted by atomic mass is 10.0. The Morgan fingerprint density at radius 2 is 2.04 bits per heavy atom. The van der Waals surface area contributed by atoms with Crippen LogP contribution in [0.1, 0.15) is 40.0 Å². The zero-order chi connectivity index (χ0) is 18.2. The molecule has 0 saturated carbocycles. The number of hydrogen-bond donors (Lipinski definition) is 2. The minimum absolute atomic E-state index is 0.0225. The highest BCUT2D eigenvalue weighted by Crippen LogP contribution is 2.26. The van der Waals surface area contributed by atoms with Gasteiger partial charge in [0.05, 0.1) is 5.75 Å². The van der Waals surface area contributed by atoms with E-state index < -0.39 is 0 Å². The number of amides is 1. The summed E-state index contributed by atoms with van der Waals surface area (Å²) in [7, 11) is 0. The Morgan fingerprint density at radius 3 is 2.76 bits per heavy atom. The molecule has 0 aliphatic rings. The number of nitrogens with zero attached hydrogens (tertiary/aromatic N) is 2. The number of aromatic amines is 1. The fourth-order valence-electron chi connectivity index (χ4n) is 2.44. The van der Waals surface area contributed by atoms with Gasteiger partial charge in [0.1, 0.15) is 0 Å². The summed E-state index contributed by atoms with van der Waals surface area (Å²) in [6, 6.07) is 8.02. The highest BCUT2D eigenvalue weighted by Gasteiger charge is 2.12. The van der Waals surface area contributed by atoms with Crippen molar-refractivity contribution in [3.05, 3.63) is 28.7 Å². The van der Waals surface area contributed by atoms with E-state index in [-0.39, 0.29) is 11.9 Å². The molecule has 136 valence electrons. The van der Waals surface area contributed by atoms with E-state index in [1.54, 1.807) is 0 Å². The number of H-pyrrole nitrogens is 1. The fraction of sp³-hybridized carbons (Fsp3) is 0.500. The van der Waals surface area contributed by atoms with E-state index >= 15 is 0 Å². The Morgan fingerprint density at radius 1 is 1.28 bits per heavy atom. The maximum Gasteiger partial charge on any atom is 0.230 e. The molecule has 0 aliphatic carbocycles. The number of hydrogen-bond acceptors (Lipinski definition) is 4. The number of halogens is 1. The van der Waals surface area contributed by atoms with Crippen LogP contribution in [-0.4, -0.2) is 32.9 Å². The van der Waals surface area contributed by atoms with E-state index in [1.807, 2.05) is 24.3 Å². The lowest BCUT2D eigenvalue weighted by Crippen LogP contribution is -2.33. The highest BCUT2D eigenvalue weighted by molar-refractivity contribution is 9.10. The van der Waals surface area contributed by atoms with Crippen LogP contribution in [0.5, 0.6) is 0 Å². The molecule has 25 heavy (non-hydrogen) atoms. The normalized spacial score (nSPS) is 12.4. The van der Waals surface area contributed by atoms with Gasteiger partial charge in [-0.25, -0.2) is 4.98 Å². The van der Waals surface area contributed by atoms with Crippen molar-refractivity contribution < 1.29 is 4.79 Å². The molecule has 1 atom stereocenters. The van der Waals surface area contributed by atoms with E-state index in [0.29, 0.717) is 22.7 Å². The quantitative estimate of drug-likeness (QED) is 0.574. The summed E-state index contributed by atoms with van der Waals surface area (Å²) in [5.74, 6) is 1.75. The second kappa shape index (κ2) is 9.97. The van der Waals surface area contributed by atoms with Crippen molar-refractivity contribution in [2.24, 2.45) is 5.92 Å². The van der Waals surface area contributed by atoms with Gasteiger partial charge in [0, 0.05) is 16.1 Å². The largest absolute Gasteiger partial charge is 0.353 e. The van der Waals surface area contributed by atoms with Crippen LogP contribution in [-0.2, 0) is 4.79 Å². The van der Waals surface area contributed by atoms with Crippen molar-refractivity contribution in [2.75, 3.05) is 5.75 Å². The van der Waals surface area contributed by atoms with Gasteiger partial charge in [-0.3, -0.25) is 9.89 Å². The summed E-state index contributed by atoms with van der Waals surface area (Å²) >= 11 is 4.84. The van der Waals surface area contributed by atoms with E-state index in [9.17, 15) is 4.79 Å². The summed E-state index contributed by atoms with van der Waals surface area (Å²) < 4.78 is 0.954. The van der Waals surface area contributed by atoms with Crippen LogP contribution in [0.4, 0.5) is 0 Å². The molecule has 2 aromatic rings. The Labute approximate surface area is 161 Å². The minimum atomic E-state index is 0.0225. The van der Waals surface area contributed by atoms with Crippen LogP contribution in [0.3, 0.4) is 0 Å². The third-order valence-electron chi connectivity index (χ3n) is 3.75. The van der Waals surface area contributed by atoms with Gasteiger partial charge >= 0.3 is 0 Å². The lowest BCUT2D eigenvalue weighted by molar-refractivity contribution is -0.119. The maximum atomic E-state index is 12.0. The molecular formula is C18H25BrN4OS. The van der Waals surface area contributed by atoms with Gasteiger partial charge in [0.15, 0.2) is 5.82 Å². The van der Waals surface area contributed by atoms with Crippen molar-refractivity contribution in [3.8, 4) is 11.4 Å². The van der Waals surface area contributed by atoms with Gasteiger partial charge in [0.2, 0.25) is 11.1 Å². The van der Waals surface area contributed by atoms with Crippen molar-refractivity contribution >= 4 is 33.6 Å². The zero-order valence-corrected chi connectivity index (χ0v) is 17.3. The molecule has 0 fully saturated rings. The second-order valence-electron chi connectivity index (χ2n) is 6.53. The number of nitrogens with one attached hydrogen (secondary N) is 2. The first-order valence-electron chi connectivity index (χ1n) is 8.55. The molecule has 0 unspecified atom stereocenters. The van der Waals surface area contributed by atoms with Crippen molar-refractivity contribution in [1.82, 2.24) is 20.5 Å². The Hall–Kier alpha value is -1.34. The smallest absolute Gasteiger partial charge is 0.230 e. The Balaban J connectivity index is 1.78. The Bertz CT molecular complexity index is 689. The molecule has 5 nitrogen and oxygen atoms in total. The van der Waals surface area contributed by atoms with Gasteiger partial charge in [-0.2, -0.15) is 0 Å². The predicted molar refractivity (Wildman–Crippen MR) is 107 cm³/mol. The molecule has 0 aliphatic heterocycles. The molecule has 1 heterocycles. The summed E-state index contributed by atoms with van der Waals surface area (Å²) in [6.45, 7) is 6.50. The molecule has 0 spiro atoms. The Kier molecular flexibility index (Phi) is 7.96. The molecular weight excluding hydrogens is 400 g/mol. The summed E-state index contributed by atoms with van der Waals surface area (Å²) in [4.78, 5) is 16.5. The van der Waals surface area contributed by atoms with Gasteiger partial charge < -0.3 is 5.32 Å². The second-order valence-corrected chi connectivity index (χ2v) is 8.33. The first-order valence-corrected chi connectivity index (χ1v) is 10.3. The minimum Gasteiger partial charge on any atom is -0.353 e. The third-order valence-corrected chi connectivity index (χ3v) is 5.29. The average Bonchev–Trinajstić information content (AvgIpc) is 3.01. The SMILES string of the molecule is CC(C)CCC[C@@H](C)NC(=O)CSc1n[nH]c(-c2ccccc2Br)n1. The summed E-state index contributed by atoms with van der Waals surface area (Å²) in [5, 5.41) is 10.7. The number of thioether (sulfide) groups is 1. The third kappa shape index (κ3) is 6.82. The monoisotopic (exact) mass is 424 g/mol. The van der Waals surface area contributed by atoms with Gasteiger partial charge in [-0.15, -0.1) is 5.10 Å². The van der Waals surface area contributed by atoms with Gasteiger partial charge in [-0.05, 0) is 25.3 Å². The number of benzene rings is 1. The number of aromatic nitrogens is 3. The molecule has 2 N–H and O–H groups in total. The molecule has 7 heteroatoms. The molecule has 1 amide bonds. The van der Waals surface area contributed by atoms with Crippen LogP contribution in [0.25, 0.3) is 11.4 Å². The molecule has 1 aromatic heterocycles. The van der Waals surface area contributed by atoms with E-state index in [0.717, 1.165) is 22.9 Å². The van der Waals surface area contributed by atoms with Crippen LogP contribution in [0, 0.1) is 5.92 Å². The number of rotatable bonds is 9. The molecule has 0 bridgehead atoms. The van der Waals surface area contributed by atoms with Gasteiger partial charge in [-0.1, -0.05) is 72.6 Å². The van der Waals surface area contributed by atoms with Crippen LogP contribution >= 0.6 is 27.7 Å². The van der Waals surface area contributed by atoms with E-state index in [2.05, 4.69) is 57.2 Å². The van der Waals surface area contributed by atoms with Crippen LogP contribution < -0.4 is 5.32 Å². The number of carbonyl (C=O) groups excluding carboxylic acids is 1. The van der Waals surface area contributed by atoms with Gasteiger partial charge in [0.25, 0.3) is 0 Å².